The Kier molecular flexibility index (Phi) is 9.38. The number of ether oxygens (including phenoxy) is 1. The van der Waals surface area contributed by atoms with E-state index in [4.69, 9.17) is 4.74 Å². The van der Waals surface area contributed by atoms with E-state index in [0.29, 0.717) is 29.2 Å². The Labute approximate surface area is 209 Å². The molecule has 1 saturated carbocycles. The van der Waals surface area contributed by atoms with Crippen LogP contribution in [0.4, 0.5) is 29.7 Å². The second kappa shape index (κ2) is 12.1. The highest BCUT2D eigenvalue weighted by Gasteiger charge is 2.36. The highest BCUT2D eigenvalue weighted by Crippen LogP contribution is 2.38. The number of alkyl halides is 3. The second-order valence-corrected chi connectivity index (χ2v) is 10.2. The predicted octanol–water partition coefficient (Wildman–Crippen LogP) is 7.15. The van der Waals surface area contributed by atoms with Gasteiger partial charge in [-0.15, -0.1) is 0 Å². The Morgan fingerprint density at radius 1 is 1.26 bits per heavy atom. The van der Waals surface area contributed by atoms with Crippen LogP contribution in [-0.2, 0) is 15.7 Å². The van der Waals surface area contributed by atoms with Crippen LogP contribution >= 0.6 is 11.5 Å². The minimum absolute atomic E-state index is 0.0866. The van der Waals surface area contributed by atoms with Crippen molar-refractivity contribution < 1.29 is 22.7 Å². The van der Waals surface area contributed by atoms with E-state index in [-0.39, 0.29) is 23.4 Å². The van der Waals surface area contributed by atoms with Gasteiger partial charge in [-0.1, -0.05) is 52.5 Å². The molecule has 2 atom stereocenters. The number of aromatic nitrogens is 2. The van der Waals surface area contributed by atoms with Crippen LogP contribution in [-0.4, -0.2) is 35.0 Å². The molecular weight excluding hydrogens is 477 g/mol. The van der Waals surface area contributed by atoms with Crippen molar-refractivity contribution in [2.24, 2.45) is 5.92 Å². The molecule has 6 nitrogen and oxygen atoms in total. The van der Waals surface area contributed by atoms with Gasteiger partial charge in [0.1, 0.15) is 0 Å². The normalized spacial score (nSPS) is 16.5. The molecular formula is C25H35F3N4O2S. The lowest BCUT2D eigenvalue weighted by Crippen LogP contribution is -2.40. The van der Waals surface area contributed by atoms with Gasteiger partial charge >= 0.3 is 12.1 Å². The molecule has 10 heteroatoms. The van der Waals surface area contributed by atoms with Crippen molar-refractivity contribution in [2.45, 2.75) is 83.9 Å². The number of hydrogen-bond donors (Lipinski definition) is 1. The fraction of sp³-hybridized carbons (Fsp3) is 0.640. The largest absolute Gasteiger partial charge is 0.469 e. The summed E-state index contributed by atoms with van der Waals surface area (Å²) in [4.78, 5) is 17.9. The summed E-state index contributed by atoms with van der Waals surface area (Å²) in [5.41, 5.74) is 2.52. The first-order valence-electron chi connectivity index (χ1n) is 12.3. The van der Waals surface area contributed by atoms with Crippen LogP contribution in [0.3, 0.4) is 0 Å². The third-order valence-corrected chi connectivity index (χ3v) is 7.37. The van der Waals surface area contributed by atoms with Crippen molar-refractivity contribution in [3.63, 3.8) is 0 Å². The van der Waals surface area contributed by atoms with E-state index in [1.165, 1.54) is 26.4 Å². The molecule has 1 N–H and O–H groups in total. The topological polar surface area (TPSA) is 67.3 Å². The van der Waals surface area contributed by atoms with Gasteiger partial charge in [-0.3, -0.25) is 4.79 Å². The van der Waals surface area contributed by atoms with Crippen molar-refractivity contribution in [3.8, 4) is 0 Å². The van der Waals surface area contributed by atoms with Gasteiger partial charge < -0.3 is 15.0 Å². The highest BCUT2D eigenvalue weighted by atomic mass is 32.1. The average Bonchev–Trinajstić information content (AvgIpc) is 3.32. The number of rotatable bonds is 10. The standard InChI is InChI=1S/C25H35F3N4O2S/c1-5-16(2)15-32(19-9-7-6-8-10-19)21-12-11-18(17(3)13-22(33)34-4)14-20(21)29-24-30-23(31-35-24)25(26,27)28/h11-12,14,16-17,19H,5-10,13,15H2,1-4H3,(H,29,30,31). The van der Waals surface area contributed by atoms with Crippen molar-refractivity contribution >= 4 is 34.0 Å². The lowest BCUT2D eigenvalue weighted by Gasteiger charge is -2.39. The van der Waals surface area contributed by atoms with Gasteiger partial charge in [0, 0.05) is 24.1 Å². The van der Waals surface area contributed by atoms with Crippen LogP contribution in [0.15, 0.2) is 18.2 Å². The van der Waals surface area contributed by atoms with Crippen LogP contribution < -0.4 is 10.2 Å². The average molecular weight is 513 g/mol. The lowest BCUT2D eigenvalue weighted by molar-refractivity contribution is -0.144. The third kappa shape index (κ3) is 7.32. The van der Waals surface area contributed by atoms with E-state index >= 15 is 0 Å². The predicted molar refractivity (Wildman–Crippen MR) is 133 cm³/mol. The molecule has 0 bridgehead atoms. The van der Waals surface area contributed by atoms with Crippen LogP contribution in [0.5, 0.6) is 0 Å². The molecule has 2 unspecified atom stereocenters. The molecule has 1 aromatic heterocycles. The first-order valence-corrected chi connectivity index (χ1v) is 13.0. The fourth-order valence-corrected chi connectivity index (χ4v) is 5.07. The second-order valence-electron chi connectivity index (χ2n) is 9.46. The van der Waals surface area contributed by atoms with Crippen molar-refractivity contribution in [2.75, 3.05) is 23.9 Å². The van der Waals surface area contributed by atoms with Crippen LogP contribution in [0.25, 0.3) is 0 Å². The monoisotopic (exact) mass is 512 g/mol. The van der Waals surface area contributed by atoms with E-state index in [2.05, 4.69) is 33.4 Å². The van der Waals surface area contributed by atoms with Crippen LogP contribution in [0.2, 0.25) is 0 Å². The maximum Gasteiger partial charge on any atom is 0.452 e. The zero-order valence-electron chi connectivity index (χ0n) is 20.8. The molecule has 0 aliphatic heterocycles. The number of carbonyl (C=O) groups excluding carboxylic acids is 1. The number of methoxy groups -OCH3 is 1. The van der Waals surface area contributed by atoms with Gasteiger partial charge in [0.2, 0.25) is 11.0 Å². The number of halogens is 3. The van der Waals surface area contributed by atoms with Gasteiger partial charge in [0.25, 0.3) is 0 Å². The van der Waals surface area contributed by atoms with Crippen molar-refractivity contribution in [1.29, 1.82) is 0 Å². The van der Waals surface area contributed by atoms with Gasteiger partial charge in [-0.25, -0.2) is 0 Å². The molecule has 0 amide bonds. The van der Waals surface area contributed by atoms with E-state index < -0.39 is 12.0 Å². The Morgan fingerprint density at radius 3 is 2.57 bits per heavy atom. The smallest absolute Gasteiger partial charge is 0.452 e. The number of esters is 1. The van der Waals surface area contributed by atoms with E-state index in [1.54, 1.807) is 0 Å². The zero-order valence-corrected chi connectivity index (χ0v) is 21.6. The third-order valence-electron chi connectivity index (χ3n) is 6.74. The molecule has 0 spiro atoms. The number of nitrogens with one attached hydrogen (secondary N) is 1. The zero-order chi connectivity index (χ0) is 25.6. The first-order chi connectivity index (χ1) is 16.6. The summed E-state index contributed by atoms with van der Waals surface area (Å²) >= 11 is 0.689. The van der Waals surface area contributed by atoms with Crippen LogP contribution in [0.1, 0.15) is 83.0 Å². The molecule has 1 fully saturated rings. The number of hydrogen-bond acceptors (Lipinski definition) is 7. The summed E-state index contributed by atoms with van der Waals surface area (Å²) < 4.78 is 47.6. The van der Waals surface area contributed by atoms with Crippen LogP contribution in [0, 0.1) is 5.92 Å². The number of benzene rings is 1. The van der Waals surface area contributed by atoms with Gasteiger partial charge in [0.15, 0.2) is 0 Å². The van der Waals surface area contributed by atoms with Crippen molar-refractivity contribution in [1.82, 2.24) is 9.36 Å². The Hall–Kier alpha value is -2.36. The molecule has 1 aliphatic rings. The molecule has 1 heterocycles. The number of carbonyl (C=O) groups is 1. The Bertz CT molecular complexity index is 976. The summed E-state index contributed by atoms with van der Waals surface area (Å²) in [7, 11) is 1.36. The number of anilines is 3. The van der Waals surface area contributed by atoms with Gasteiger partial charge in [-0.2, -0.15) is 22.5 Å². The minimum Gasteiger partial charge on any atom is -0.469 e. The summed E-state index contributed by atoms with van der Waals surface area (Å²) in [5, 5.41) is 3.21. The molecule has 0 radical (unpaired) electrons. The number of nitrogens with zero attached hydrogens (tertiary/aromatic N) is 3. The summed E-state index contributed by atoms with van der Waals surface area (Å²) in [6.07, 6.45) is 2.40. The molecule has 35 heavy (non-hydrogen) atoms. The Morgan fingerprint density at radius 2 is 1.97 bits per heavy atom. The summed E-state index contributed by atoms with van der Waals surface area (Å²) in [6.45, 7) is 7.17. The van der Waals surface area contributed by atoms with Gasteiger partial charge in [-0.05, 0) is 42.4 Å². The molecule has 2 aromatic rings. The van der Waals surface area contributed by atoms with E-state index in [0.717, 1.165) is 37.1 Å². The summed E-state index contributed by atoms with van der Waals surface area (Å²) in [5.74, 6) is -1.11. The molecule has 1 aromatic carbocycles. The SMILES string of the molecule is CCC(C)CN(c1ccc(C(C)CC(=O)OC)cc1Nc1nc(C(F)(F)F)ns1)C1CCCCC1. The van der Waals surface area contributed by atoms with E-state index in [1.807, 2.05) is 25.1 Å². The molecule has 1 aliphatic carbocycles. The highest BCUT2D eigenvalue weighted by molar-refractivity contribution is 7.09. The first kappa shape index (κ1) is 27.2. The molecule has 0 saturated heterocycles. The maximum absolute atomic E-state index is 13.1. The van der Waals surface area contributed by atoms with E-state index in [9.17, 15) is 18.0 Å². The quantitative estimate of drug-likeness (QED) is 0.341. The molecule has 194 valence electrons. The lowest BCUT2D eigenvalue weighted by atomic mass is 9.91. The van der Waals surface area contributed by atoms with Gasteiger partial charge in [0.05, 0.1) is 24.9 Å². The summed E-state index contributed by atoms with van der Waals surface area (Å²) in [6, 6.07) is 6.32. The fourth-order valence-electron chi connectivity index (χ4n) is 4.47. The molecule has 3 rings (SSSR count). The van der Waals surface area contributed by atoms with Crippen molar-refractivity contribution in [3.05, 3.63) is 29.6 Å². The minimum atomic E-state index is -4.60. The Balaban J connectivity index is 2.01. The maximum atomic E-state index is 13.1.